The molecule has 0 aromatic heterocycles. The van der Waals surface area contributed by atoms with Gasteiger partial charge in [-0.1, -0.05) is 37.8 Å². The molecule has 0 bridgehead atoms. The Morgan fingerprint density at radius 1 is 1.35 bits per heavy atom. The van der Waals surface area contributed by atoms with Gasteiger partial charge in [-0.15, -0.1) is 0 Å². The fraction of sp³-hybridized carbons (Fsp3) is 0.467. The van der Waals surface area contributed by atoms with Crippen LogP contribution in [0, 0.1) is 17.3 Å². The molecule has 20 heavy (non-hydrogen) atoms. The molecule has 0 unspecified atom stereocenters. The molecule has 0 amide bonds. The first kappa shape index (κ1) is 15.0. The van der Waals surface area contributed by atoms with Gasteiger partial charge in [-0.2, -0.15) is 4.31 Å². The number of hydrogen-bond donors (Lipinski definition) is 1. The van der Waals surface area contributed by atoms with Gasteiger partial charge in [0.2, 0.25) is 10.0 Å². The summed E-state index contributed by atoms with van der Waals surface area (Å²) >= 11 is 0. The first-order chi connectivity index (χ1) is 9.37. The number of sulfonamides is 1. The molecular weight excluding hydrogens is 272 g/mol. The topological polar surface area (TPSA) is 63.4 Å². The fourth-order valence-corrected chi connectivity index (χ4v) is 4.13. The van der Waals surface area contributed by atoms with Crippen molar-refractivity contribution in [2.75, 3.05) is 19.6 Å². The minimum absolute atomic E-state index is 0.0327. The Hall–Kier alpha value is -1.35. The van der Waals surface area contributed by atoms with Crippen LogP contribution in [0.4, 0.5) is 0 Å². The van der Waals surface area contributed by atoms with Crippen LogP contribution in [0.15, 0.2) is 29.2 Å². The van der Waals surface area contributed by atoms with Crippen LogP contribution < -0.4 is 5.73 Å². The van der Waals surface area contributed by atoms with Crippen LogP contribution in [0.25, 0.3) is 0 Å². The minimum atomic E-state index is -3.48. The van der Waals surface area contributed by atoms with Crippen LogP contribution in [0.1, 0.15) is 25.8 Å². The lowest BCUT2D eigenvalue weighted by atomic mass is 9.93. The van der Waals surface area contributed by atoms with E-state index in [0.29, 0.717) is 18.7 Å². The average Bonchev–Trinajstić information content (AvgIpc) is 2.78. The van der Waals surface area contributed by atoms with Crippen molar-refractivity contribution >= 4 is 10.0 Å². The van der Waals surface area contributed by atoms with Crippen molar-refractivity contribution in [3.8, 4) is 11.8 Å². The molecular formula is C15H20N2O2S. The Kier molecular flexibility index (Phi) is 4.19. The quantitative estimate of drug-likeness (QED) is 0.839. The molecule has 2 rings (SSSR count). The molecule has 0 spiro atoms. The highest BCUT2D eigenvalue weighted by atomic mass is 32.2. The number of nitrogens with two attached hydrogens (primary N) is 1. The Morgan fingerprint density at radius 2 is 2.05 bits per heavy atom. The summed E-state index contributed by atoms with van der Waals surface area (Å²) in [6.45, 7) is 5.50. The van der Waals surface area contributed by atoms with Gasteiger partial charge in [0.25, 0.3) is 0 Å². The highest BCUT2D eigenvalue weighted by Gasteiger charge is 2.37. The Morgan fingerprint density at radius 3 is 2.65 bits per heavy atom. The van der Waals surface area contributed by atoms with Crippen LogP contribution in [0.5, 0.6) is 0 Å². The first-order valence-corrected chi connectivity index (χ1v) is 8.09. The molecule has 0 radical (unpaired) electrons. The first-order valence-electron chi connectivity index (χ1n) is 6.65. The number of nitrogens with zero attached hydrogens (tertiary/aromatic N) is 1. The van der Waals surface area contributed by atoms with E-state index in [1.165, 1.54) is 0 Å². The smallest absolute Gasteiger partial charge is 0.244 e. The summed E-state index contributed by atoms with van der Waals surface area (Å²) in [5.41, 5.74) is 5.91. The summed E-state index contributed by atoms with van der Waals surface area (Å²) in [5.74, 6) is 5.56. The van der Waals surface area contributed by atoms with Crippen molar-refractivity contribution in [2.45, 2.75) is 25.2 Å². The van der Waals surface area contributed by atoms with E-state index < -0.39 is 10.0 Å². The number of rotatable bonds is 2. The van der Waals surface area contributed by atoms with Gasteiger partial charge in [0.05, 0.1) is 11.4 Å². The van der Waals surface area contributed by atoms with Crippen LogP contribution >= 0.6 is 0 Å². The molecule has 1 aliphatic heterocycles. The van der Waals surface area contributed by atoms with Crippen molar-refractivity contribution in [3.05, 3.63) is 29.8 Å². The zero-order valence-electron chi connectivity index (χ0n) is 11.9. The summed E-state index contributed by atoms with van der Waals surface area (Å²) in [6, 6.07) is 6.84. The van der Waals surface area contributed by atoms with Crippen molar-refractivity contribution < 1.29 is 8.42 Å². The maximum Gasteiger partial charge on any atom is 0.244 e. The van der Waals surface area contributed by atoms with Gasteiger partial charge in [-0.05, 0) is 24.0 Å². The van der Waals surface area contributed by atoms with Gasteiger partial charge in [-0.25, -0.2) is 8.42 Å². The number of hydrogen-bond acceptors (Lipinski definition) is 3. The molecule has 1 aromatic carbocycles. The van der Waals surface area contributed by atoms with Crippen LogP contribution in [0.2, 0.25) is 0 Å². The summed E-state index contributed by atoms with van der Waals surface area (Å²) in [5, 5.41) is 0. The Balaban J connectivity index is 2.40. The molecule has 1 aliphatic rings. The van der Waals surface area contributed by atoms with Crippen molar-refractivity contribution in [3.63, 3.8) is 0 Å². The molecule has 0 saturated carbocycles. The van der Waals surface area contributed by atoms with Gasteiger partial charge in [-0.3, -0.25) is 0 Å². The van der Waals surface area contributed by atoms with Crippen molar-refractivity contribution in [2.24, 2.45) is 11.1 Å². The molecule has 5 heteroatoms. The predicted octanol–water partition coefficient (Wildman–Crippen LogP) is 1.42. The largest absolute Gasteiger partial charge is 0.320 e. The zero-order chi connectivity index (χ0) is 14.8. The second-order valence-electron chi connectivity index (χ2n) is 5.75. The molecule has 108 valence electrons. The lowest BCUT2D eigenvalue weighted by Gasteiger charge is -2.20. The van der Waals surface area contributed by atoms with Gasteiger partial charge in [0.15, 0.2) is 0 Å². The van der Waals surface area contributed by atoms with Gasteiger partial charge in [0, 0.05) is 18.7 Å². The molecule has 1 fully saturated rings. The maximum absolute atomic E-state index is 12.7. The van der Waals surface area contributed by atoms with E-state index in [1.54, 1.807) is 28.6 Å². The summed E-state index contributed by atoms with van der Waals surface area (Å²) in [6.07, 6.45) is 0.878. The van der Waals surface area contributed by atoms with E-state index in [2.05, 4.69) is 25.7 Å². The van der Waals surface area contributed by atoms with Crippen LogP contribution in [-0.4, -0.2) is 32.4 Å². The van der Waals surface area contributed by atoms with Crippen molar-refractivity contribution in [1.29, 1.82) is 0 Å². The second kappa shape index (κ2) is 5.57. The third-order valence-corrected chi connectivity index (χ3v) is 5.38. The van der Waals surface area contributed by atoms with Gasteiger partial charge >= 0.3 is 0 Å². The summed E-state index contributed by atoms with van der Waals surface area (Å²) in [7, 11) is -3.48. The molecule has 2 N–H and O–H groups in total. The van der Waals surface area contributed by atoms with E-state index in [-0.39, 0.29) is 16.9 Å². The van der Waals surface area contributed by atoms with E-state index >= 15 is 0 Å². The maximum atomic E-state index is 12.7. The SMILES string of the molecule is CC1(C)CCN(S(=O)(=O)c2ccccc2C#CCN)C1. The molecule has 0 atom stereocenters. The standard InChI is InChI=1S/C15H20N2O2S/c1-15(2)9-11-17(12-15)20(18,19)14-8-4-3-6-13(14)7-5-10-16/h3-4,6,8H,9-12,16H2,1-2H3. The highest BCUT2D eigenvalue weighted by molar-refractivity contribution is 7.89. The Labute approximate surface area is 121 Å². The third-order valence-electron chi connectivity index (χ3n) is 3.47. The molecule has 1 aromatic rings. The van der Waals surface area contributed by atoms with Gasteiger partial charge < -0.3 is 5.73 Å². The molecule has 1 saturated heterocycles. The normalized spacial score (nSPS) is 18.6. The minimum Gasteiger partial charge on any atom is -0.320 e. The molecule has 0 aliphatic carbocycles. The highest BCUT2D eigenvalue weighted by Crippen LogP contribution is 2.33. The van der Waals surface area contributed by atoms with E-state index in [0.717, 1.165) is 6.42 Å². The van der Waals surface area contributed by atoms with E-state index in [1.807, 2.05) is 0 Å². The second-order valence-corrected chi connectivity index (χ2v) is 7.66. The average molecular weight is 292 g/mol. The predicted molar refractivity (Wildman–Crippen MR) is 79.5 cm³/mol. The monoisotopic (exact) mass is 292 g/mol. The third kappa shape index (κ3) is 3.04. The zero-order valence-corrected chi connectivity index (χ0v) is 12.7. The Bertz CT molecular complexity index is 654. The lowest BCUT2D eigenvalue weighted by Crippen LogP contribution is -2.30. The van der Waals surface area contributed by atoms with E-state index in [4.69, 9.17) is 5.73 Å². The summed E-state index contributed by atoms with van der Waals surface area (Å²) in [4.78, 5) is 0.277. The summed E-state index contributed by atoms with van der Waals surface area (Å²) < 4.78 is 27.0. The van der Waals surface area contributed by atoms with Gasteiger partial charge in [0.1, 0.15) is 0 Å². The van der Waals surface area contributed by atoms with Crippen LogP contribution in [0.3, 0.4) is 0 Å². The van der Waals surface area contributed by atoms with Crippen LogP contribution in [-0.2, 0) is 10.0 Å². The number of benzene rings is 1. The molecule has 4 nitrogen and oxygen atoms in total. The molecule has 1 heterocycles. The van der Waals surface area contributed by atoms with Crippen molar-refractivity contribution in [1.82, 2.24) is 4.31 Å². The fourth-order valence-electron chi connectivity index (χ4n) is 2.35. The lowest BCUT2D eigenvalue weighted by molar-refractivity contribution is 0.375. The van der Waals surface area contributed by atoms with E-state index in [9.17, 15) is 8.42 Å².